The highest BCUT2D eigenvalue weighted by atomic mass is 15.3. The fourth-order valence-corrected chi connectivity index (χ4v) is 3.63. The average molecular weight is 329 g/mol. The van der Waals surface area contributed by atoms with Crippen LogP contribution in [0.1, 0.15) is 41.7 Å². The molecule has 1 aliphatic heterocycles. The maximum atomic E-state index is 4.49. The Bertz CT molecular complexity index is 705. The van der Waals surface area contributed by atoms with Crippen LogP contribution in [0.4, 0.5) is 0 Å². The molecule has 24 heavy (non-hydrogen) atoms. The number of hydrogen-bond donors (Lipinski definition) is 0. The summed E-state index contributed by atoms with van der Waals surface area (Å²) in [5, 5.41) is 12.9. The lowest BCUT2D eigenvalue weighted by Crippen LogP contribution is -2.45. The van der Waals surface area contributed by atoms with Crippen LogP contribution in [-0.2, 0) is 27.2 Å². The van der Waals surface area contributed by atoms with Crippen LogP contribution in [0.2, 0.25) is 0 Å². The third-order valence-electron chi connectivity index (χ3n) is 5.44. The highest BCUT2D eigenvalue weighted by Gasteiger charge is 2.30. The maximum Gasteiger partial charge on any atom is 0.146 e. The van der Waals surface area contributed by atoms with Gasteiger partial charge >= 0.3 is 0 Å². The summed E-state index contributed by atoms with van der Waals surface area (Å²) in [5.41, 5.74) is 2.89. The molecule has 0 N–H and O–H groups in total. The summed E-state index contributed by atoms with van der Waals surface area (Å²) >= 11 is 0. The van der Waals surface area contributed by atoms with Gasteiger partial charge in [-0.3, -0.25) is 14.5 Å². The van der Waals surface area contributed by atoms with Crippen molar-refractivity contribution in [2.75, 3.05) is 26.2 Å². The normalized spacial score (nSPS) is 20.0. The molecule has 1 aliphatic carbocycles. The molecule has 0 amide bonds. The standard InChI is InChI=1S/C17H27N7/c1-13-19-20-16(21(13)2)12-24-8-6-23(7-9-24)11-15-10-18-22(3)17(15)14-4-5-14/h10,14H,4-9,11-12H2,1-3H3. The van der Waals surface area contributed by atoms with Gasteiger partial charge < -0.3 is 4.57 Å². The summed E-state index contributed by atoms with van der Waals surface area (Å²) in [6, 6.07) is 0. The molecule has 3 heterocycles. The zero-order valence-electron chi connectivity index (χ0n) is 14.9. The van der Waals surface area contributed by atoms with Crippen molar-refractivity contribution in [3.8, 4) is 0 Å². The lowest BCUT2D eigenvalue weighted by molar-refractivity contribution is 0.119. The second kappa shape index (κ2) is 6.29. The van der Waals surface area contributed by atoms with E-state index in [9.17, 15) is 0 Å². The van der Waals surface area contributed by atoms with Gasteiger partial charge in [0, 0.05) is 64.0 Å². The quantitative estimate of drug-likeness (QED) is 0.821. The van der Waals surface area contributed by atoms with Gasteiger partial charge in [0.15, 0.2) is 0 Å². The number of rotatable bonds is 5. The average Bonchev–Trinajstić information content (AvgIpc) is 3.29. The second-order valence-corrected chi connectivity index (χ2v) is 7.23. The lowest BCUT2D eigenvalue weighted by Gasteiger charge is -2.34. The predicted molar refractivity (Wildman–Crippen MR) is 91.5 cm³/mol. The van der Waals surface area contributed by atoms with E-state index < -0.39 is 0 Å². The van der Waals surface area contributed by atoms with E-state index in [1.165, 1.54) is 24.1 Å². The Morgan fingerprint density at radius 2 is 1.67 bits per heavy atom. The van der Waals surface area contributed by atoms with Crippen LogP contribution in [-0.4, -0.2) is 60.5 Å². The first kappa shape index (κ1) is 15.8. The van der Waals surface area contributed by atoms with Crippen molar-refractivity contribution in [3.63, 3.8) is 0 Å². The van der Waals surface area contributed by atoms with Gasteiger partial charge in [-0.2, -0.15) is 5.10 Å². The molecular formula is C17H27N7. The minimum Gasteiger partial charge on any atom is -0.317 e. The molecule has 2 aromatic rings. The van der Waals surface area contributed by atoms with E-state index in [4.69, 9.17) is 0 Å². The largest absolute Gasteiger partial charge is 0.317 e. The summed E-state index contributed by atoms with van der Waals surface area (Å²) in [4.78, 5) is 5.03. The Morgan fingerprint density at radius 3 is 2.25 bits per heavy atom. The maximum absolute atomic E-state index is 4.49. The van der Waals surface area contributed by atoms with E-state index in [-0.39, 0.29) is 0 Å². The summed E-state index contributed by atoms with van der Waals surface area (Å²) in [7, 11) is 4.13. The molecule has 0 bridgehead atoms. The Hall–Kier alpha value is -1.73. The van der Waals surface area contributed by atoms with Crippen molar-refractivity contribution in [1.29, 1.82) is 0 Å². The zero-order valence-corrected chi connectivity index (χ0v) is 14.9. The molecule has 1 saturated heterocycles. The first-order chi connectivity index (χ1) is 11.6. The Morgan fingerprint density at radius 1 is 1.00 bits per heavy atom. The lowest BCUT2D eigenvalue weighted by atomic mass is 10.1. The molecule has 4 rings (SSSR count). The smallest absolute Gasteiger partial charge is 0.146 e. The van der Waals surface area contributed by atoms with Crippen molar-refractivity contribution < 1.29 is 0 Å². The molecule has 0 spiro atoms. The Labute approximate surface area is 143 Å². The van der Waals surface area contributed by atoms with Crippen LogP contribution in [0.5, 0.6) is 0 Å². The summed E-state index contributed by atoms with van der Waals surface area (Å²) in [5.74, 6) is 2.80. The second-order valence-electron chi connectivity index (χ2n) is 7.23. The van der Waals surface area contributed by atoms with Crippen molar-refractivity contribution in [2.45, 2.75) is 38.8 Å². The van der Waals surface area contributed by atoms with Crippen molar-refractivity contribution >= 4 is 0 Å². The van der Waals surface area contributed by atoms with Crippen molar-refractivity contribution in [3.05, 3.63) is 29.1 Å². The molecular weight excluding hydrogens is 302 g/mol. The summed E-state index contributed by atoms with van der Waals surface area (Å²) in [6.07, 6.45) is 4.73. The van der Waals surface area contributed by atoms with E-state index in [1.807, 2.05) is 14.0 Å². The van der Waals surface area contributed by atoms with Gasteiger partial charge in [-0.25, -0.2) is 0 Å². The third kappa shape index (κ3) is 3.10. The van der Waals surface area contributed by atoms with Gasteiger partial charge in [-0.1, -0.05) is 0 Å². The minimum absolute atomic E-state index is 0.757. The molecule has 130 valence electrons. The zero-order chi connectivity index (χ0) is 16.7. The number of piperazine rings is 1. The predicted octanol–water partition coefficient (Wildman–Crippen LogP) is 1.05. The van der Waals surface area contributed by atoms with Gasteiger partial charge in [-0.05, 0) is 19.8 Å². The van der Waals surface area contributed by atoms with E-state index in [2.05, 4.69) is 47.6 Å². The van der Waals surface area contributed by atoms with Gasteiger partial charge in [-0.15, -0.1) is 10.2 Å². The highest BCUT2D eigenvalue weighted by molar-refractivity contribution is 5.25. The van der Waals surface area contributed by atoms with E-state index in [0.717, 1.165) is 56.8 Å². The topological polar surface area (TPSA) is 55.0 Å². The number of aryl methyl sites for hydroxylation is 2. The van der Waals surface area contributed by atoms with E-state index >= 15 is 0 Å². The number of hydrogen-bond acceptors (Lipinski definition) is 5. The molecule has 7 heteroatoms. The van der Waals surface area contributed by atoms with Crippen molar-refractivity contribution in [1.82, 2.24) is 34.3 Å². The highest BCUT2D eigenvalue weighted by Crippen LogP contribution is 2.41. The van der Waals surface area contributed by atoms with Gasteiger partial charge in [0.1, 0.15) is 11.6 Å². The van der Waals surface area contributed by atoms with Gasteiger partial charge in [0.05, 0.1) is 12.7 Å². The monoisotopic (exact) mass is 329 g/mol. The molecule has 0 atom stereocenters. The van der Waals surface area contributed by atoms with Crippen LogP contribution in [0.15, 0.2) is 6.20 Å². The molecule has 7 nitrogen and oxygen atoms in total. The summed E-state index contributed by atoms with van der Waals surface area (Å²) < 4.78 is 4.17. The molecule has 0 aromatic carbocycles. The Balaban J connectivity index is 1.32. The van der Waals surface area contributed by atoms with Crippen molar-refractivity contribution in [2.24, 2.45) is 14.1 Å². The van der Waals surface area contributed by atoms with Gasteiger partial charge in [0.2, 0.25) is 0 Å². The van der Waals surface area contributed by atoms with E-state index in [0.29, 0.717) is 0 Å². The fourth-order valence-electron chi connectivity index (χ4n) is 3.63. The van der Waals surface area contributed by atoms with Crippen LogP contribution in [0, 0.1) is 6.92 Å². The van der Waals surface area contributed by atoms with Crippen LogP contribution >= 0.6 is 0 Å². The number of aromatic nitrogens is 5. The number of nitrogens with zero attached hydrogens (tertiary/aromatic N) is 7. The third-order valence-corrected chi connectivity index (χ3v) is 5.44. The molecule has 2 aromatic heterocycles. The molecule has 2 fully saturated rings. The fraction of sp³-hybridized carbons (Fsp3) is 0.706. The van der Waals surface area contributed by atoms with Gasteiger partial charge in [0.25, 0.3) is 0 Å². The van der Waals surface area contributed by atoms with Crippen LogP contribution < -0.4 is 0 Å². The molecule has 1 saturated carbocycles. The van der Waals surface area contributed by atoms with E-state index in [1.54, 1.807) is 0 Å². The Kier molecular flexibility index (Phi) is 4.14. The van der Waals surface area contributed by atoms with Crippen LogP contribution in [0.25, 0.3) is 0 Å². The molecule has 0 radical (unpaired) electrons. The molecule has 2 aliphatic rings. The SMILES string of the molecule is Cc1nnc(CN2CCN(Cc3cnn(C)c3C3CC3)CC2)n1C. The summed E-state index contributed by atoms with van der Waals surface area (Å²) in [6.45, 7) is 8.32. The first-order valence-electron chi connectivity index (χ1n) is 8.92. The van der Waals surface area contributed by atoms with Crippen LogP contribution in [0.3, 0.4) is 0 Å². The minimum atomic E-state index is 0.757. The molecule has 0 unspecified atom stereocenters. The first-order valence-corrected chi connectivity index (χ1v) is 8.92.